The van der Waals surface area contributed by atoms with Gasteiger partial charge in [0.15, 0.2) is 9.50 Å². The molecule has 21 heavy (non-hydrogen) atoms. The molecular formula is C11H13N5O2S3. The average molecular weight is 343 g/mol. The maximum Gasteiger partial charge on any atom is 0.343 e. The summed E-state index contributed by atoms with van der Waals surface area (Å²) in [5.41, 5.74) is 5.93. The second kappa shape index (κ2) is 7.57. The highest BCUT2D eigenvalue weighted by atomic mass is 32.2. The molecule has 0 aliphatic carbocycles. The minimum atomic E-state index is -0.509. The SMILES string of the molecule is CCOC(=O)c1cnc(SCSc2nnc(C)s2)nc1N. The van der Waals surface area contributed by atoms with Gasteiger partial charge in [0.1, 0.15) is 16.4 Å². The van der Waals surface area contributed by atoms with Crippen molar-refractivity contribution in [1.82, 2.24) is 20.2 Å². The molecule has 0 atom stereocenters. The zero-order chi connectivity index (χ0) is 15.2. The Labute approximate surface area is 134 Å². The normalized spacial score (nSPS) is 10.6. The van der Waals surface area contributed by atoms with Gasteiger partial charge >= 0.3 is 5.97 Å². The van der Waals surface area contributed by atoms with Crippen molar-refractivity contribution < 1.29 is 9.53 Å². The van der Waals surface area contributed by atoms with Gasteiger partial charge in [-0.25, -0.2) is 14.8 Å². The number of hydrogen-bond acceptors (Lipinski definition) is 10. The molecule has 2 aromatic rings. The van der Waals surface area contributed by atoms with Crippen molar-refractivity contribution >= 4 is 46.6 Å². The van der Waals surface area contributed by atoms with E-state index in [-0.39, 0.29) is 18.0 Å². The van der Waals surface area contributed by atoms with E-state index in [0.29, 0.717) is 10.2 Å². The van der Waals surface area contributed by atoms with Crippen LogP contribution >= 0.6 is 34.9 Å². The molecule has 2 N–H and O–H groups in total. The number of rotatable bonds is 6. The first-order valence-corrected chi connectivity index (χ1v) is 8.74. The van der Waals surface area contributed by atoms with Crippen LogP contribution in [0.15, 0.2) is 15.7 Å². The van der Waals surface area contributed by atoms with Gasteiger partial charge in [-0.05, 0) is 13.8 Å². The molecule has 10 heteroatoms. The number of nitrogen functional groups attached to an aromatic ring is 1. The maximum atomic E-state index is 11.6. The van der Waals surface area contributed by atoms with Gasteiger partial charge in [0.25, 0.3) is 0 Å². The van der Waals surface area contributed by atoms with Crippen LogP contribution in [0.2, 0.25) is 0 Å². The molecule has 2 heterocycles. The highest BCUT2D eigenvalue weighted by Crippen LogP contribution is 2.28. The zero-order valence-electron chi connectivity index (χ0n) is 11.4. The molecule has 0 aliphatic heterocycles. The molecule has 0 unspecified atom stereocenters. The summed E-state index contributed by atoms with van der Waals surface area (Å²) in [5.74, 6) is -0.382. The molecule has 0 fully saturated rings. The molecule has 7 nitrogen and oxygen atoms in total. The Kier molecular flexibility index (Phi) is 5.76. The van der Waals surface area contributed by atoms with Crippen LogP contribution in [-0.4, -0.2) is 37.8 Å². The monoisotopic (exact) mass is 343 g/mol. The summed E-state index contributed by atoms with van der Waals surface area (Å²) in [6.45, 7) is 3.92. The van der Waals surface area contributed by atoms with Crippen LogP contribution in [0.4, 0.5) is 5.82 Å². The van der Waals surface area contributed by atoms with Gasteiger partial charge in [-0.2, -0.15) is 0 Å². The van der Waals surface area contributed by atoms with Crippen molar-refractivity contribution in [2.24, 2.45) is 0 Å². The van der Waals surface area contributed by atoms with Gasteiger partial charge in [0.2, 0.25) is 0 Å². The number of aryl methyl sites for hydroxylation is 1. The second-order valence-corrected chi connectivity index (χ2v) is 7.38. The Morgan fingerprint density at radius 2 is 2.24 bits per heavy atom. The second-order valence-electron chi connectivity index (χ2n) is 3.67. The Bertz CT molecular complexity index is 634. The summed E-state index contributed by atoms with van der Waals surface area (Å²) in [4.78, 5) is 19.8. The van der Waals surface area contributed by atoms with Crippen molar-refractivity contribution in [2.45, 2.75) is 23.3 Å². The Balaban J connectivity index is 1.92. The molecule has 0 aromatic carbocycles. The lowest BCUT2D eigenvalue weighted by molar-refractivity contribution is 0.0526. The Morgan fingerprint density at radius 3 is 2.86 bits per heavy atom. The number of carbonyl (C=O) groups is 1. The van der Waals surface area contributed by atoms with E-state index in [1.807, 2.05) is 6.92 Å². The standard InChI is InChI=1S/C11H13N5O2S3/c1-3-18-9(17)7-4-13-10(14-8(7)12)19-5-20-11-16-15-6(2)21-11/h4H,3,5H2,1-2H3,(H2,12,13,14). The van der Waals surface area contributed by atoms with Crippen molar-refractivity contribution in [3.63, 3.8) is 0 Å². The van der Waals surface area contributed by atoms with Crippen LogP contribution < -0.4 is 5.73 Å². The summed E-state index contributed by atoms with van der Waals surface area (Å²) >= 11 is 4.51. The number of thioether (sulfide) groups is 2. The lowest BCUT2D eigenvalue weighted by Gasteiger charge is -2.05. The van der Waals surface area contributed by atoms with E-state index in [0.717, 1.165) is 9.35 Å². The van der Waals surface area contributed by atoms with Crippen LogP contribution in [0.25, 0.3) is 0 Å². The zero-order valence-corrected chi connectivity index (χ0v) is 13.8. The number of nitrogens with two attached hydrogens (primary N) is 1. The van der Waals surface area contributed by atoms with Crippen LogP contribution in [0.5, 0.6) is 0 Å². The number of ether oxygens (including phenoxy) is 1. The third-order valence-electron chi connectivity index (χ3n) is 2.17. The van der Waals surface area contributed by atoms with Gasteiger partial charge in [-0.15, -0.1) is 10.2 Å². The molecule has 0 saturated carbocycles. The van der Waals surface area contributed by atoms with Gasteiger partial charge < -0.3 is 10.5 Å². The molecule has 0 amide bonds. The predicted octanol–water partition coefficient (Wildman–Crippen LogP) is 2.24. The highest BCUT2D eigenvalue weighted by Gasteiger charge is 2.13. The quantitative estimate of drug-likeness (QED) is 0.366. The maximum absolute atomic E-state index is 11.6. The number of carbonyl (C=O) groups excluding carboxylic acids is 1. The molecule has 0 bridgehead atoms. The van der Waals surface area contributed by atoms with Crippen LogP contribution in [0.3, 0.4) is 0 Å². The number of hydrogen-bond donors (Lipinski definition) is 1. The number of anilines is 1. The van der Waals surface area contributed by atoms with Crippen molar-refractivity contribution in [3.8, 4) is 0 Å². The number of aromatic nitrogens is 4. The van der Waals surface area contributed by atoms with Crippen molar-refractivity contribution in [1.29, 1.82) is 0 Å². The summed E-state index contributed by atoms with van der Waals surface area (Å²) in [6, 6.07) is 0. The predicted molar refractivity (Wildman–Crippen MR) is 83.6 cm³/mol. The molecule has 0 radical (unpaired) electrons. The first-order chi connectivity index (χ1) is 10.1. The molecule has 2 aromatic heterocycles. The fourth-order valence-electron chi connectivity index (χ4n) is 1.28. The summed E-state index contributed by atoms with van der Waals surface area (Å²) in [7, 11) is 0. The van der Waals surface area contributed by atoms with Gasteiger partial charge in [-0.3, -0.25) is 0 Å². The van der Waals surface area contributed by atoms with Crippen LogP contribution in [-0.2, 0) is 4.74 Å². The molecule has 112 valence electrons. The lowest BCUT2D eigenvalue weighted by Crippen LogP contribution is -2.10. The Morgan fingerprint density at radius 1 is 1.43 bits per heavy atom. The minimum Gasteiger partial charge on any atom is -0.462 e. The van der Waals surface area contributed by atoms with E-state index in [4.69, 9.17) is 10.5 Å². The number of nitrogens with zero attached hydrogens (tertiary/aromatic N) is 4. The van der Waals surface area contributed by atoms with E-state index < -0.39 is 5.97 Å². The summed E-state index contributed by atoms with van der Waals surface area (Å²) in [6.07, 6.45) is 1.39. The molecule has 0 saturated heterocycles. The van der Waals surface area contributed by atoms with E-state index in [9.17, 15) is 4.79 Å². The van der Waals surface area contributed by atoms with E-state index in [1.165, 1.54) is 29.3 Å². The van der Waals surface area contributed by atoms with E-state index >= 15 is 0 Å². The summed E-state index contributed by atoms with van der Waals surface area (Å²) < 4.78 is 5.77. The fourth-order valence-corrected chi connectivity index (χ4v) is 4.18. The minimum absolute atomic E-state index is 0.128. The third-order valence-corrected chi connectivity index (χ3v) is 5.13. The van der Waals surface area contributed by atoms with Gasteiger partial charge in [0.05, 0.1) is 11.7 Å². The molecular weight excluding hydrogens is 330 g/mol. The molecule has 0 aliphatic rings. The lowest BCUT2D eigenvalue weighted by atomic mass is 10.3. The Hall–Kier alpha value is -1.39. The van der Waals surface area contributed by atoms with E-state index in [2.05, 4.69) is 20.2 Å². The third kappa shape index (κ3) is 4.55. The van der Waals surface area contributed by atoms with Gasteiger partial charge in [-0.1, -0.05) is 34.9 Å². The van der Waals surface area contributed by atoms with Crippen molar-refractivity contribution in [3.05, 3.63) is 16.8 Å². The van der Waals surface area contributed by atoms with Crippen LogP contribution in [0.1, 0.15) is 22.3 Å². The van der Waals surface area contributed by atoms with Gasteiger partial charge in [0, 0.05) is 6.20 Å². The highest BCUT2D eigenvalue weighted by molar-refractivity contribution is 8.16. The van der Waals surface area contributed by atoms with Crippen LogP contribution in [0, 0.1) is 6.92 Å². The smallest absolute Gasteiger partial charge is 0.343 e. The number of esters is 1. The van der Waals surface area contributed by atoms with Crippen molar-refractivity contribution in [2.75, 3.05) is 17.4 Å². The van der Waals surface area contributed by atoms with E-state index in [1.54, 1.807) is 18.7 Å². The first kappa shape index (κ1) is 16.0. The fraction of sp³-hybridized carbons (Fsp3) is 0.364. The topological polar surface area (TPSA) is 104 Å². The molecule has 0 spiro atoms. The first-order valence-electron chi connectivity index (χ1n) is 5.95. The largest absolute Gasteiger partial charge is 0.462 e. The molecule has 2 rings (SSSR count). The summed E-state index contributed by atoms with van der Waals surface area (Å²) in [5, 5.41) is 10.1. The average Bonchev–Trinajstić information content (AvgIpc) is 2.85.